The predicted molar refractivity (Wildman–Crippen MR) is 108 cm³/mol. The largest absolute Gasteiger partial charge is 0.416 e. The summed E-state index contributed by atoms with van der Waals surface area (Å²) in [4.78, 5) is 27.8. The van der Waals surface area contributed by atoms with Crippen molar-refractivity contribution in [1.29, 1.82) is 0 Å². The van der Waals surface area contributed by atoms with Crippen LogP contribution in [0.15, 0.2) is 48.5 Å². The number of alkyl halides is 3. The molecule has 1 N–H and O–H groups in total. The molecule has 0 radical (unpaired) electrons. The molecule has 0 unspecified atom stereocenters. The molecule has 0 atom stereocenters. The Hall–Kier alpha value is -2.87. The molecule has 0 aliphatic carbocycles. The standard InChI is InChI=1S/C22H24F3N3O2/c1-16(29)18-5-9-20(10-6-18)26-21(30)28-12-2-11-27(13-14-28)15-17-3-7-19(8-4-17)22(23,24)25/h3-10H,2,11-15H2,1H3,(H,26,30). The lowest BCUT2D eigenvalue weighted by Crippen LogP contribution is -2.38. The second kappa shape index (κ2) is 9.30. The third-order valence-corrected chi connectivity index (χ3v) is 5.11. The molecular formula is C22H24F3N3O2. The number of anilines is 1. The topological polar surface area (TPSA) is 52.7 Å². The summed E-state index contributed by atoms with van der Waals surface area (Å²) < 4.78 is 38.1. The van der Waals surface area contributed by atoms with E-state index in [9.17, 15) is 22.8 Å². The zero-order chi connectivity index (χ0) is 21.7. The van der Waals surface area contributed by atoms with Gasteiger partial charge in [-0.05, 0) is 55.3 Å². The van der Waals surface area contributed by atoms with Gasteiger partial charge in [0.15, 0.2) is 5.78 Å². The molecule has 30 heavy (non-hydrogen) atoms. The van der Waals surface area contributed by atoms with Crippen molar-refractivity contribution in [3.8, 4) is 0 Å². The van der Waals surface area contributed by atoms with Gasteiger partial charge >= 0.3 is 12.2 Å². The molecule has 2 aromatic rings. The highest BCUT2D eigenvalue weighted by atomic mass is 19.4. The second-order valence-corrected chi connectivity index (χ2v) is 7.38. The zero-order valence-corrected chi connectivity index (χ0v) is 16.7. The first-order valence-corrected chi connectivity index (χ1v) is 9.78. The maximum atomic E-state index is 12.7. The third-order valence-electron chi connectivity index (χ3n) is 5.11. The number of hydrogen-bond acceptors (Lipinski definition) is 3. The number of nitrogens with one attached hydrogen (secondary N) is 1. The lowest BCUT2D eigenvalue weighted by molar-refractivity contribution is -0.137. The number of hydrogen-bond donors (Lipinski definition) is 1. The molecule has 0 aromatic heterocycles. The van der Waals surface area contributed by atoms with Crippen molar-refractivity contribution in [3.63, 3.8) is 0 Å². The summed E-state index contributed by atoms with van der Waals surface area (Å²) in [5.41, 5.74) is 1.37. The Labute approximate surface area is 173 Å². The minimum absolute atomic E-state index is 0.0338. The van der Waals surface area contributed by atoms with E-state index in [-0.39, 0.29) is 11.8 Å². The minimum Gasteiger partial charge on any atom is -0.323 e. The molecule has 0 saturated carbocycles. The van der Waals surface area contributed by atoms with E-state index in [1.807, 2.05) is 0 Å². The van der Waals surface area contributed by atoms with Crippen LogP contribution in [0, 0.1) is 0 Å². The molecule has 5 nitrogen and oxygen atoms in total. The van der Waals surface area contributed by atoms with Gasteiger partial charge in [0.05, 0.1) is 5.56 Å². The van der Waals surface area contributed by atoms with Gasteiger partial charge in [-0.1, -0.05) is 12.1 Å². The van der Waals surface area contributed by atoms with E-state index in [4.69, 9.17) is 0 Å². The van der Waals surface area contributed by atoms with Crippen LogP contribution >= 0.6 is 0 Å². The van der Waals surface area contributed by atoms with Crippen molar-refractivity contribution < 1.29 is 22.8 Å². The molecular weight excluding hydrogens is 395 g/mol. The van der Waals surface area contributed by atoms with Crippen LogP contribution in [0.2, 0.25) is 0 Å². The van der Waals surface area contributed by atoms with Gasteiger partial charge in [-0.25, -0.2) is 4.79 Å². The fourth-order valence-corrected chi connectivity index (χ4v) is 3.38. The summed E-state index contributed by atoms with van der Waals surface area (Å²) in [6.07, 6.45) is -3.56. The highest BCUT2D eigenvalue weighted by molar-refractivity contribution is 5.95. The summed E-state index contributed by atoms with van der Waals surface area (Å²) in [5, 5.41) is 2.84. The highest BCUT2D eigenvalue weighted by Crippen LogP contribution is 2.29. The van der Waals surface area contributed by atoms with Gasteiger partial charge in [-0.2, -0.15) is 13.2 Å². The van der Waals surface area contributed by atoms with E-state index in [1.165, 1.54) is 19.1 Å². The van der Waals surface area contributed by atoms with E-state index in [2.05, 4.69) is 10.2 Å². The van der Waals surface area contributed by atoms with Crippen LogP contribution in [0.25, 0.3) is 0 Å². The van der Waals surface area contributed by atoms with Crippen LogP contribution in [0.3, 0.4) is 0 Å². The van der Waals surface area contributed by atoms with Crippen LogP contribution in [0.4, 0.5) is 23.7 Å². The Bertz CT molecular complexity index is 880. The summed E-state index contributed by atoms with van der Waals surface area (Å²) in [7, 11) is 0. The Balaban J connectivity index is 1.52. The van der Waals surface area contributed by atoms with Crippen molar-refractivity contribution >= 4 is 17.5 Å². The maximum absolute atomic E-state index is 12.7. The van der Waals surface area contributed by atoms with Gasteiger partial charge < -0.3 is 10.2 Å². The Morgan fingerprint density at radius 1 is 0.933 bits per heavy atom. The number of ketones is 1. The first kappa shape index (κ1) is 21.8. The lowest BCUT2D eigenvalue weighted by Gasteiger charge is -2.22. The number of urea groups is 1. The quantitative estimate of drug-likeness (QED) is 0.734. The smallest absolute Gasteiger partial charge is 0.323 e. The Morgan fingerprint density at radius 2 is 1.60 bits per heavy atom. The predicted octanol–water partition coefficient (Wildman–Crippen LogP) is 4.65. The number of halogens is 3. The van der Waals surface area contributed by atoms with Crippen LogP contribution in [-0.2, 0) is 12.7 Å². The molecule has 1 aliphatic heterocycles. The van der Waals surface area contributed by atoms with Crippen LogP contribution < -0.4 is 5.32 Å². The van der Waals surface area contributed by atoms with Crippen LogP contribution in [0.5, 0.6) is 0 Å². The van der Waals surface area contributed by atoms with Gasteiger partial charge in [0.2, 0.25) is 0 Å². The van der Waals surface area contributed by atoms with E-state index < -0.39 is 11.7 Å². The number of rotatable bonds is 4. The normalized spacial score (nSPS) is 15.5. The number of amides is 2. The first-order chi connectivity index (χ1) is 14.2. The van der Waals surface area contributed by atoms with Crippen molar-refractivity contribution in [2.45, 2.75) is 26.1 Å². The van der Waals surface area contributed by atoms with Gasteiger partial charge in [-0.3, -0.25) is 9.69 Å². The van der Waals surface area contributed by atoms with E-state index >= 15 is 0 Å². The molecule has 8 heteroatoms. The molecule has 1 fully saturated rings. The van der Waals surface area contributed by atoms with E-state index in [1.54, 1.807) is 29.2 Å². The second-order valence-electron chi connectivity index (χ2n) is 7.38. The molecule has 2 amide bonds. The van der Waals surface area contributed by atoms with Crippen molar-refractivity contribution in [2.24, 2.45) is 0 Å². The van der Waals surface area contributed by atoms with E-state index in [0.717, 1.165) is 30.7 Å². The minimum atomic E-state index is -4.33. The molecule has 3 rings (SSSR count). The average Bonchev–Trinajstić information content (AvgIpc) is 2.94. The van der Waals surface area contributed by atoms with Crippen LogP contribution in [-0.4, -0.2) is 47.8 Å². The Kier molecular flexibility index (Phi) is 6.77. The molecule has 1 saturated heterocycles. The molecule has 1 heterocycles. The fourth-order valence-electron chi connectivity index (χ4n) is 3.38. The first-order valence-electron chi connectivity index (χ1n) is 9.78. The fraction of sp³-hybridized carbons (Fsp3) is 0.364. The number of Topliss-reactive ketones (excluding diaryl/α,β-unsaturated/α-hetero) is 1. The van der Waals surface area contributed by atoms with E-state index in [0.29, 0.717) is 37.4 Å². The van der Waals surface area contributed by atoms with Gasteiger partial charge in [0, 0.05) is 44.0 Å². The molecule has 160 valence electrons. The average molecular weight is 419 g/mol. The van der Waals surface area contributed by atoms with Crippen molar-refractivity contribution in [3.05, 3.63) is 65.2 Å². The summed E-state index contributed by atoms with van der Waals surface area (Å²) >= 11 is 0. The van der Waals surface area contributed by atoms with Gasteiger partial charge in [0.25, 0.3) is 0 Å². The number of carbonyl (C=O) groups is 2. The SMILES string of the molecule is CC(=O)c1ccc(NC(=O)N2CCCN(Cc3ccc(C(F)(F)F)cc3)CC2)cc1. The number of benzene rings is 2. The molecule has 2 aromatic carbocycles. The highest BCUT2D eigenvalue weighted by Gasteiger charge is 2.30. The van der Waals surface area contributed by atoms with Crippen LogP contribution in [0.1, 0.15) is 34.8 Å². The molecule has 0 bridgehead atoms. The monoisotopic (exact) mass is 419 g/mol. The van der Waals surface area contributed by atoms with Crippen molar-refractivity contribution in [2.75, 3.05) is 31.5 Å². The Morgan fingerprint density at radius 3 is 2.20 bits per heavy atom. The third kappa shape index (κ3) is 5.82. The lowest BCUT2D eigenvalue weighted by atomic mass is 10.1. The van der Waals surface area contributed by atoms with Gasteiger partial charge in [-0.15, -0.1) is 0 Å². The maximum Gasteiger partial charge on any atom is 0.416 e. The number of nitrogens with zero attached hydrogens (tertiary/aromatic N) is 2. The number of carbonyl (C=O) groups excluding carboxylic acids is 2. The van der Waals surface area contributed by atoms with Crippen molar-refractivity contribution in [1.82, 2.24) is 9.80 Å². The molecule has 1 aliphatic rings. The van der Waals surface area contributed by atoms with Gasteiger partial charge in [0.1, 0.15) is 0 Å². The summed E-state index contributed by atoms with van der Waals surface area (Å²) in [6.45, 7) is 4.55. The summed E-state index contributed by atoms with van der Waals surface area (Å²) in [6, 6.07) is 11.7. The molecule has 0 spiro atoms. The zero-order valence-electron chi connectivity index (χ0n) is 16.7. The summed E-state index contributed by atoms with van der Waals surface area (Å²) in [5.74, 6) is -0.0338.